The summed E-state index contributed by atoms with van der Waals surface area (Å²) in [6.07, 6.45) is 1.28. The lowest BCUT2D eigenvalue weighted by Gasteiger charge is -2.07. The molecule has 41 heteroatoms. The fourth-order valence-corrected chi connectivity index (χ4v) is 9.57. The number of hydrogen-bond acceptors (Lipinski definition) is 27. The summed E-state index contributed by atoms with van der Waals surface area (Å²) >= 11 is 5.81. The van der Waals surface area contributed by atoms with Gasteiger partial charge in [-0.25, -0.2) is 84.8 Å². The number of fused-ring (bicyclic) bond motifs is 5. The molecule has 12 rings (SSSR count). The summed E-state index contributed by atoms with van der Waals surface area (Å²) < 4.78 is 114. The number of aromatic amines is 2. The number of aldehydes is 1. The van der Waals surface area contributed by atoms with Gasteiger partial charge in [0.25, 0.3) is 16.9 Å². The number of aromatic nitrogens is 10. The number of carbonyl (C=O) groups excluding carboxylic acids is 7. The molecule has 600 valence electrons. The number of halogens is 8. The number of hydrogen-bond donors (Lipinski definition) is 4. The predicted molar refractivity (Wildman–Crippen MR) is 398 cm³/mol. The van der Waals surface area contributed by atoms with Crippen molar-refractivity contribution in [2.45, 2.75) is 67.7 Å². The van der Waals surface area contributed by atoms with Crippen LogP contribution in [0.5, 0.6) is 0 Å². The van der Waals surface area contributed by atoms with Crippen LogP contribution in [0.2, 0.25) is 5.15 Å². The third kappa shape index (κ3) is 25.3. The summed E-state index contributed by atoms with van der Waals surface area (Å²) in [5, 5.41) is 34.8. The molecule has 0 spiro atoms. The van der Waals surface area contributed by atoms with Gasteiger partial charge in [0.15, 0.2) is 22.8 Å². The molecule has 0 radical (unpaired) electrons. The first kappa shape index (κ1) is 89.4. The van der Waals surface area contributed by atoms with Crippen LogP contribution in [0.4, 0.5) is 53.5 Å². The van der Waals surface area contributed by atoms with Crippen LogP contribution in [0.1, 0.15) is 119 Å². The number of benzene rings is 7. The minimum Gasteiger partial charge on any atom is -0.617 e. The van der Waals surface area contributed by atoms with Crippen molar-refractivity contribution in [1.29, 1.82) is 0 Å². The van der Waals surface area contributed by atoms with E-state index in [1.54, 1.807) is 46.8 Å². The normalized spacial score (nSPS) is 10.3. The Morgan fingerprint density at radius 3 is 1.40 bits per heavy atom. The standard InChI is InChI=1S/C13H13FN2O2.C11H8ClFN2O2.C11H11FN2O5.C11H9FN2O4.C11H9FN2O3.C11H9FN2O.C6H5FN2O2/c1-3-9-12(13(17)18-4-2)16-11-7-8(14)5-6-10(11)15-9;1-2-17-11(16)9-10(12)15-7-4-3-6(13)5-8(7)14-9;1-2-19-11(16)6-10(15)13-8-4-3-7(12)5-9(8)14(17)18;1-2-18-11(16)9-10(15)13-7-4-3-6(12)5-8(7)14(9)17;1-2-17-11(16)9-10(15)14-7-4-3-6(12)5-8(7)13-9;1-2-8-11(6-15)14-10-5-7(12)3-4-9(10)13-8;7-4-1-2-5(8)6(3-4)9(10)11/h5-7H,3-4H2,1-2H3;3-5H,2H2,1H3;3-5H,2,6H2,1H3,(H,13,15);3-5H,2H2,1H3,(H,13,15);3-5H,2H2,1H3,(H,14,15);3-6H,2H2,1H3;1-3H,8H2. The van der Waals surface area contributed by atoms with Crippen LogP contribution in [0, 0.1) is 66.2 Å². The topological polar surface area (TPSA) is 473 Å². The molecule has 12 aromatic rings. The van der Waals surface area contributed by atoms with Gasteiger partial charge in [-0.2, -0.15) is 4.73 Å². The van der Waals surface area contributed by atoms with Crippen molar-refractivity contribution in [3.05, 3.63) is 259 Å². The lowest BCUT2D eigenvalue weighted by Crippen LogP contribution is -2.43. The van der Waals surface area contributed by atoms with Crippen molar-refractivity contribution in [3.8, 4) is 0 Å². The Hall–Kier alpha value is -14.5. The Balaban J connectivity index is 0.000000210. The lowest BCUT2D eigenvalue weighted by atomic mass is 10.2. The second-order valence-corrected chi connectivity index (χ2v) is 22.6. The quantitative estimate of drug-likeness (QED) is 0.00628. The van der Waals surface area contributed by atoms with Crippen LogP contribution in [-0.4, -0.2) is 130 Å². The van der Waals surface area contributed by atoms with Gasteiger partial charge in [0, 0.05) is 30.3 Å². The van der Waals surface area contributed by atoms with E-state index in [1.165, 1.54) is 60.7 Å². The molecule has 0 aliphatic rings. The summed E-state index contributed by atoms with van der Waals surface area (Å²) in [5.74, 6) is -8.40. The van der Waals surface area contributed by atoms with Crippen molar-refractivity contribution < 1.29 is 103 Å². The Kier molecular flexibility index (Phi) is 33.2. The number of esters is 5. The first-order chi connectivity index (χ1) is 54.7. The largest absolute Gasteiger partial charge is 0.617 e. The number of rotatable bonds is 17. The highest BCUT2D eigenvalue weighted by Crippen LogP contribution is 2.26. The number of ether oxygens (including phenoxy) is 5. The fraction of sp³-hybridized carbons (Fsp3) is 0.203. The maximum absolute atomic E-state index is 13.1. The molecule has 0 aliphatic carbocycles. The highest BCUT2D eigenvalue weighted by molar-refractivity contribution is 6.32. The molecule has 33 nitrogen and oxygen atoms in total. The predicted octanol–water partition coefficient (Wildman–Crippen LogP) is 11.9. The zero-order valence-electron chi connectivity index (χ0n) is 61.2. The molecule has 0 bridgehead atoms. The number of nitrogens with two attached hydrogens (primary N) is 1. The van der Waals surface area contributed by atoms with Gasteiger partial charge in [-0.1, -0.05) is 25.4 Å². The van der Waals surface area contributed by atoms with E-state index >= 15 is 0 Å². The molecule has 0 saturated carbocycles. The van der Waals surface area contributed by atoms with Crippen LogP contribution in [0.25, 0.3) is 55.2 Å². The number of nitrogen functional groups attached to an aromatic ring is 1. The van der Waals surface area contributed by atoms with E-state index in [2.05, 4.69) is 64.4 Å². The first-order valence-electron chi connectivity index (χ1n) is 33.6. The smallest absolute Gasteiger partial charge is 0.411 e. The molecule has 0 atom stereocenters. The number of H-pyrrole nitrogens is 2. The van der Waals surface area contributed by atoms with E-state index in [1.807, 2.05) is 13.8 Å². The van der Waals surface area contributed by atoms with Gasteiger partial charge < -0.3 is 49.9 Å². The molecule has 5 heterocycles. The van der Waals surface area contributed by atoms with E-state index in [0.29, 0.717) is 69.7 Å². The number of anilines is 2. The van der Waals surface area contributed by atoms with Gasteiger partial charge in [0.05, 0.1) is 111 Å². The lowest BCUT2D eigenvalue weighted by molar-refractivity contribution is -0.581. The molecule has 0 fully saturated rings. The monoisotopic (exact) mass is 1620 g/mol. The van der Waals surface area contributed by atoms with Gasteiger partial charge in [0.2, 0.25) is 17.1 Å². The van der Waals surface area contributed by atoms with Crippen LogP contribution >= 0.6 is 11.6 Å². The first-order valence-corrected chi connectivity index (χ1v) is 34.0. The Labute approximate surface area is 647 Å². The fourth-order valence-electron chi connectivity index (χ4n) is 9.36. The maximum atomic E-state index is 13.1. The summed E-state index contributed by atoms with van der Waals surface area (Å²) in [7, 11) is 0. The van der Waals surface area contributed by atoms with Crippen LogP contribution in [0.3, 0.4) is 0 Å². The van der Waals surface area contributed by atoms with Crippen LogP contribution in [-0.2, 0) is 46.1 Å². The van der Waals surface area contributed by atoms with E-state index in [4.69, 9.17) is 26.8 Å². The van der Waals surface area contributed by atoms with E-state index in [0.717, 1.165) is 48.5 Å². The molecular formula is C74H64ClF7N14O19. The second kappa shape index (κ2) is 42.6. The molecule has 0 aliphatic heterocycles. The molecule has 0 saturated heterocycles. The van der Waals surface area contributed by atoms with Crippen molar-refractivity contribution in [2.24, 2.45) is 0 Å². The van der Waals surface area contributed by atoms with Gasteiger partial charge in [0.1, 0.15) is 69.7 Å². The van der Waals surface area contributed by atoms with Crippen molar-refractivity contribution in [1.82, 2.24) is 44.9 Å². The molecule has 115 heavy (non-hydrogen) atoms. The molecule has 7 aromatic carbocycles. The average Bonchev–Trinajstić information content (AvgIpc) is 0.781. The Morgan fingerprint density at radius 2 is 0.887 bits per heavy atom. The van der Waals surface area contributed by atoms with Crippen molar-refractivity contribution in [3.63, 3.8) is 0 Å². The number of nitrogens with one attached hydrogen (secondary N) is 3. The third-order valence-corrected chi connectivity index (χ3v) is 14.7. The highest BCUT2D eigenvalue weighted by atomic mass is 35.5. The van der Waals surface area contributed by atoms with E-state index < -0.39 is 115 Å². The summed E-state index contributed by atoms with van der Waals surface area (Å²) in [5.41, 5.74) is 6.13. The number of nitro groups is 2. The zero-order valence-corrected chi connectivity index (χ0v) is 61.9. The third-order valence-electron chi connectivity index (χ3n) is 14.4. The minimum absolute atomic E-state index is 0.0272. The minimum atomic E-state index is -1.04. The molecular weight excluding hydrogens is 1560 g/mol. The van der Waals surface area contributed by atoms with Gasteiger partial charge in [-0.05, 0) is 132 Å². The molecule has 5 N–H and O–H groups in total. The highest BCUT2D eigenvalue weighted by Gasteiger charge is 2.27. The van der Waals surface area contributed by atoms with Gasteiger partial charge in [-0.15, -0.1) is 0 Å². The summed E-state index contributed by atoms with van der Waals surface area (Å²) in [4.78, 5) is 155. The zero-order chi connectivity index (χ0) is 84.9. The van der Waals surface area contributed by atoms with Crippen molar-refractivity contribution in [2.75, 3.05) is 44.1 Å². The number of nitrogens with zero attached hydrogens (tertiary/aromatic N) is 10. The van der Waals surface area contributed by atoms with Crippen LogP contribution in [0.15, 0.2) is 137 Å². The second-order valence-electron chi connectivity index (χ2n) is 22.3. The van der Waals surface area contributed by atoms with Crippen LogP contribution < -0.4 is 26.9 Å². The molecule has 5 aromatic heterocycles. The Morgan fingerprint density at radius 1 is 0.478 bits per heavy atom. The number of nitro benzene ring substituents is 2. The summed E-state index contributed by atoms with van der Waals surface area (Å²) in [6.45, 7) is 12.7. The molecule has 0 unspecified atom stereocenters. The average molecular weight is 1620 g/mol. The van der Waals surface area contributed by atoms with E-state index in [9.17, 15) is 99.3 Å². The van der Waals surface area contributed by atoms with Gasteiger partial charge >= 0.3 is 41.1 Å². The number of aryl methyl sites for hydroxylation is 2. The van der Waals surface area contributed by atoms with Gasteiger partial charge in [-0.3, -0.25) is 44.2 Å². The van der Waals surface area contributed by atoms with E-state index in [-0.39, 0.29) is 105 Å². The molecule has 1 amide bonds. The van der Waals surface area contributed by atoms with Crippen molar-refractivity contribution >= 4 is 132 Å². The summed E-state index contributed by atoms with van der Waals surface area (Å²) in [6, 6.07) is 24.9. The number of amides is 1. The Bertz CT molecular complexity index is 5790. The number of carbonyl (C=O) groups is 7. The maximum Gasteiger partial charge on any atom is 0.411 e. The SMILES string of the molecule is CCOC(=O)CC(=O)Nc1ccc(F)cc1[N+](=O)[O-].CCOC(=O)c1c(=O)[nH]c2ccc(F)cc2[n+]1[O-].CCOC(=O)c1nc2cc(F)ccc2[nH]c1=O.CCOC(=O)c1nc2cc(F)ccc2nc1CC.CCOC(=O)c1nc2cc(F)ccc2nc1Cl.CCc1nc2ccc(F)cc2nc1C=O.Nc1ccc(F)cc1[N+](=O)[O-].